The fourth-order valence-electron chi connectivity index (χ4n) is 2.12. The SMILES string of the molecule is CC(C)c1ccccc1[C@@H]1COCCN1. The lowest BCUT2D eigenvalue weighted by atomic mass is 9.93. The van der Waals surface area contributed by atoms with Crippen LogP contribution in [-0.4, -0.2) is 19.8 Å². The Morgan fingerprint density at radius 2 is 2.13 bits per heavy atom. The van der Waals surface area contributed by atoms with Crippen LogP contribution in [0.4, 0.5) is 0 Å². The van der Waals surface area contributed by atoms with E-state index in [9.17, 15) is 0 Å². The van der Waals surface area contributed by atoms with Gasteiger partial charge in [-0.3, -0.25) is 0 Å². The number of benzene rings is 1. The number of hydrogen-bond acceptors (Lipinski definition) is 2. The number of hydrogen-bond donors (Lipinski definition) is 1. The first kappa shape index (κ1) is 10.7. The smallest absolute Gasteiger partial charge is 0.0662 e. The minimum absolute atomic E-state index is 0.373. The minimum Gasteiger partial charge on any atom is -0.378 e. The van der Waals surface area contributed by atoms with Crippen molar-refractivity contribution in [3.8, 4) is 0 Å². The van der Waals surface area contributed by atoms with Crippen molar-refractivity contribution in [2.45, 2.75) is 25.8 Å². The molecule has 0 aromatic heterocycles. The Morgan fingerprint density at radius 3 is 2.80 bits per heavy atom. The van der Waals surface area contributed by atoms with Crippen molar-refractivity contribution in [3.63, 3.8) is 0 Å². The molecule has 1 atom stereocenters. The van der Waals surface area contributed by atoms with E-state index in [0.29, 0.717) is 12.0 Å². The summed E-state index contributed by atoms with van der Waals surface area (Å²) in [6.45, 7) is 7.06. The molecule has 1 aliphatic rings. The van der Waals surface area contributed by atoms with E-state index in [-0.39, 0.29) is 0 Å². The highest BCUT2D eigenvalue weighted by Crippen LogP contribution is 2.25. The van der Waals surface area contributed by atoms with E-state index in [1.165, 1.54) is 11.1 Å². The molecule has 0 radical (unpaired) electrons. The third-order valence-corrected chi connectivity index (χ3v) is 2.92. The fourth-order valence-corrected chi connectivity index (χ4v) is 2.12. The molecule has 0 amide bonds. The monoisotopic (exact) mass is 205 g/mol. The highest BCUT2D eigenvalue weighted by Gasteiger charge is 2.18. The van der Waals surface area contributed by atoms with Gasteiger partial charge < -0.3 is 10.1 Å². The maximum absolute atomic E-state index is 5.51. The zero-order valence-electron chi connectivity index (χ0n) is 9.49. The molecule has 1 N–H and O–H groups in total. The van der Waals surface area contributed by atoms with Crippen molar-refractivity contribution in [2.75, 3.05) is 19.8 Å². The van der Waals surface area contributed by atoms with E-state index >= 15 is 0 Å². The quantitative estimate of drug-likeness (QED) is 0.801. The summed E-state index contributed by atoms with van der Waals surface area (Å²) in [5, 5.41) is 3.51. The Bertz CT molecular complexity index is 316. The molecule has 82 valence electrons. The van der Waals surface area contributed by atoms with Crippen LogP contribution in [0.5, 0.6) is 0 Å². The number of morpholine rings is 1. The van der Waals surface area contributed by atoms with Gasteiger partial charge in [-0.2, -0.15) is 0 Å². The molecule has 2 heteroatoms. The van der Waals surface area contributed by atoms with Gasteiger partial charge in [-0.25, -0.2) is 0 Å². The lowest BCUT2D eigenvalue weighted by Crippen LogP contribution is -2.35. The van der Waals surface area contributed by atoms with E-state index in [1.54, 1.807) is 0 Å². The summed E-state index contributed by atoms with van der Waals surface area (Å²) in [4.78, 5) is 0. The van der Waals surface area contributed by atoms with E-state index in [0.717, 1.165) is 19.8 Å². The third kappa shape index (κ3) is 2.39. The van der Waals surface area contributed by atoms with Gasteiger partial charge in [0.1, 0.15) is 0 Å². The Kier molecular flexibility index (Phi) is 3.39. The lowest BCUT2D eigenvalue weighted by Gasteiger charge is -2.27. The van der Waals surface area contributed by atoms with Crippen LogP contribution in [0.1, 0.15) is 36.9 Å². The van der Waals surface area contributed by atoms with Crippen molar-refractivity contribution in [3.05, 3.63) is 35.4 Å². The van der Waals surface area contributed by atoms with Gasteiger partial charge in [-0.15, -0.1) is 0 Å². The van der Waals surface area contributed by atoms with Crippen LogP contribution in [0.3, 0.4) is 0 Å². The minimum atomic E-state index is 0.373. The zero-order chi connectivity index (χ0) is 10.7. The van der Waals surface area contributed by atoms with Crippen LogP contribution in [0.25, 0.3) is 0 Å². The Labute approximate surface area is 91.6 Å². The molecule has 1 fully saturated rings. The lowest BCUT2D eigenvalue weighted by molar-refractivity contribution is 0.0765. The maximum Gasteiger partial charge on any atom is 0.0662 e. The number of nitrogens with one attached hydrogen (secondary N) is 1. The summed E-state index contributed by atoms with van der Waals surface area (Å²) < 4.78 is 5.51. The van der Waals surface area contributed by atoms with Gasteiger partial charge in [0.05, 0.1) is 19.3 Å². The first-order chi connectivity index (χ1) is 7.29. The van der Waals surface area contributed by atoms with Crippen molar-refractivity contribution >= 4 is 0 Å². The molecule has 2 nitrogen and oxygen atoms in total. The second-order valence-corrected chi connectivity index (χ2v) is 4.37. The summed E-state index contributed by atoms with van der Waals surface area (Å²) in [6, 6.07) is 9.02. The van der Waals surface area contributed by atoms with Crippen molar-refractivity contribution in [1.29, 1.82) is 0 Å². The standard InChI is InChI=1S/C13H19NO/c1-10(2)11-5-3-4-6-12(11)13-9-15-8-7-14-13/h3-6,10,13-14H,7-9H2,1-2H3/t13-/m0/s1. The van der Waals surface area contributed by atoms with E-state index in [4.69, 9.17) is 4.74 Å². The average Bonchev–Trinajstić information content (AvgIpc) is 2.30. The normalized spacial score (nSPS) is 21.9. The molecule has 0 spiro atoms. The van der Waals surface area contributed by atoms with Crippen LogP contribution in [0.2, 0.25) is 0 Å². The van der Waals surface area contributed by atoms with E-state index in [1.807, 2.05) is 0 Å². The van der Waals surface area contributed by atoms with Gasteiger partial charge in [0.15, 0.2) is 0 Å². The summed E-state index contributed by atoms with van der Waals surface area (Å²) in [6.07, 6.45) is 0. The molecule has 0 bridgehead atoms. The molecular formula is C13H19NO. The third-order valence-electron chi connectivity index (χ3n) is 2.92. The number of ether oxygens (including phenoxy) is 1. The molecule has 0 aliphatic carbocycles. The molecule has 15 heavy (non-hydrogen) atoms. The van der Waals surface area contributed by atoms with Gasteiger partial charge in [0.2, 0.25) is 0 Å². The Morgan fingerprint density at radius 1 is 1.33 bits per heavy atom. The van der Waals surface area contributed by atoms with Gasteiger partial charge in [0.25, 0.3) is 0 Å². The molecule has 1 saturated heterocycles. The predicted octanol–water partition coefficient (Wildman–Crippen LogP) is 2.47. The maximum atomic E-state index is 5.51. The highest BCUT2D eigenvalue weighted by atomic mass is 16.5. The fraction of sp³-hybridized carbons (Fsp3) is 0.538. The molecule has 2 rings (SSSR count). The first-order valence-electron chi connectivity index (χ1n) is 5.69. The summed E-state index contributed by atoms with van der Waals surface area (Å²) >= 11 is 0. The summed E-state index contributed by atoms with van der Waals surface area (Å²) in [5.74, 6) is 0.574. The van der Waals surface area contributed by atoms with E-state index < -0.39 is 0 Å². The molecule has 0 unspecified atom stereocenters. The average molecular weight is 205 g/mol. The predicted molar refractivity (Wildman–Crippen MR) is 62.1 cm³/mol. The zero-order valence-corrected chi connectivity index (χ0v) is 9.49. The van der Waals surface area contributed by atoms with Crippen LogP contribution in [-0.2, 0) is 4.74 Å². The van der Waals surface area contributed by atoms with Crippen LogP contribution in [0, 0.1) is 0 Å². The largest absolute Gasteiger partial charge is 0.378 e. The van der Waals surface area contributed by atoms with Gasteiger partial charge >= 0.3 is 0 Å². The Balaban J connectivity index is 2.25. The summed E-state index contributed by atoms with van der Waals surface area (Å²) in [5.41, 5.74) is 2.83. The molecule has 1 heterocycles. The van der Waals surface area contributed by atoms with Crippen molar-refractivity contribution in [2.24, 2.45) is 0 Å². The van der Waals surface area contributed by atoms with Gasteiger partial charge in [0, 0.05) is 6.54 Å². The van der Waals surface area contributed by atoms with E-state index in [2.05, 4.69) is 43.4 Å². The highest BCUT2D eigenvalue weighted by molar-refractivity contribution is 5.32. The topological polar surface area (TPSA) is 21.3 Å². The number of rotatable bonds is 2. The summed E-state index contributed by atoms with van der Waals surface area (Å²) in [7, 11) is 0. The van der Waals surface area contributed by atoms with Gasteiger partial charge in [-0.05, 0) is 17.0 Å². The van der Waals surface area contributed by atoms with Crippen molar-refractivity contribution < 1.29 is 4.74 Å². The molecule has 1 aromatic carbocycles. The molecule has 1 aliphatic heterocycles. The molecule has 1 aromatic rings. The van der Waals surface area contributed by atoms with Crippen LogP contribution >= 0.6 is 0 Å². The second kappa shape index (κ2) is 4.77. The van der Waals surface area contributed by atoms with Crippen LogP contribution < -0.4 is 5.32 Å². The Hall–Kier alpha value is -0.860. The first-order valence-corrected chi connectivity index (χ1v) is 5.69. The van der Waals surface area contributed by atoms with Crippen molar-refractivity contribution in [1.82, 2.24) is 5.32 Å². The second-order valence-electron chi connectivity index (χ2n) is 4.37. The van der Waals surface area contributed by atoms with Gasteiger partial charge in [-0.1, -0.05) is 38.1 Å². The molecular weight excluding hydrogens is 186 g/mol. The molecule has 0 saturated carbocycles. The van der Waals surface area contributed by atoms with Crippen LogP contribution in [0.15, 0.2) is 24.3 Å².